The molecule has 0 atom stereocenters. The number of anilines is 3. The summed E-state index contributed by atoms with van der Waals surface area (Å²) in [5.41, 5.74) is 5.21. The number of ketones is 2. The smallest absolute Gasteiger partial charge is 0.196 e. The number of fused-ring (bicyclic) bond motifs is 2. The molecule has 4 rings (SSSR count). The number of nitrogens with zero attached hydrogens (tertiary/aromatic N) is 1. The van der Waals surface area contributed by atoms with Crippen molar-refractivity contribution in [3.8, 4) is 0 Å². The molecule has 0 bridgehead atoms. The molecule has 196 valence electrons. The third-order valence-corrected chi connectivity index (χ3v) is 5.73. The molecule has 0 radical (unpaired) electrons. The van der Waals surface area contributed by atoms with Gasteiger partial charge in [0.05, 0.1) is 44.5 Å². The summed E-state index contributed by atoms with van der Waals surface area (Å²) >= 11 is 0. The fourth-order valence-electron chi connectivity index (χ4n) is 4.04. The van der Waals surface area contributed by atoms with Gasteiger partial charge in [-0.1, -0.05) is 42.0 Å². The van der Waals surface area contributed by atoms with Crippen LogP contribution < -0.4 is 25.3 Å². The van der Waals surface area contributed by atoms with Gasteiger partial charge < -0.3 is 34.4 Å². The molecule has 1 aliphatic rings. The van der Waals surface area contributed by atoms with Crippen LogP contribution in [-0.2, 0) is 4.57 Å². The van der Waals surface area contributed by atoms with E-state index in [4.69, 9.17) is 19.2 Å². The van der Waals surface area contributed by atoms with Crippen LogP contribution in [0.2, 0.25) is 0 Å². The number of aryl methyl sites for hydroxylation is 1. The first kappa shape index (κ1) is 28.2. The van der Waals surface area contributed by atoms with Gasteiger partial charge in [0.25, 0.3) is 0 Å². The Balaban J connectivity index is 0.000000695. The molecule has 3 aromatic rings. The lowest BCUT2D eigenvalue weighted by Crippen LogP contribution is -2.36. The van der Waals surface area contributed by atoms with Crippen LogP contribution in [0.5, 0.6) is 0 Å². The summed E-state index contributed by atoms with van der Waals surface area (Å²) in [5, 5.41) is 6.77. The Bertz CT molecular complexity index is 1330. The summed E-state index contributed by atoms with van der Waals surface area (Å²) in [6, 6.07) is 18.8. The monoisotopic (exact) mass is 523 g/mol. The van der Waals surface area contributed by atoms with Gasteiger partial charge in [0.2, 0.25) is 0 Å². The van der Waals surface area contributed by atoms with Gasteiger partial charge in [-0.05, 0) is 31.2 Å². The van der Waals surface area contributed by atoms with Gasteiger partial charge in [-0.3, -0.25) is 9.59 Å². The maximum Gasteiger partial charge on any atom is 0.196 e. The zero-order chi connectivity index (χ0) is 27.4. The van der Waals surface area contributed by atoms with Gasteiger partial charge in [-0.25, -0.2) is 0 Å². The normalized spacial score (nSPS) is 12.7. The Labute approximate surface area is 216 Å². The van der Waals surface area contributed by atoms with Gasteiger partial charge in [0, 0.05) is 35.5 Å². The Hall–Kier alpha value is -3.33. The topological polar surface area (TPSA) is 144 Å². The number of benzene rings is 3. The first-order valence-corrected chi connectivity index (χ1v) is 13.2. The molecule has 0 aliphatic heterocycles. The van der Waals surface area contributed by atoms with Gasteiger partial charge in [0.1, 0.15) is 0 Å². The number of carbonyl (C=O) groups excluding carboxylic acids is 2. The second kappa shape index (κ2) is 11.4. The van der Waals surface area contributed by atoms with Crippen molar-refractivity contribution in [3.63, 3.8) is 0 Å². The van der Waals surface area contributed by atoms with E-state index in [0.717, 1.165) is 35.2 Å². The van der Waals surface area contributed by atoms with E-state index >= 15 is 0 Å². The molecular weight excluding hydrogens is 493 g/mol. The maximum absolute atomic E-state index is 13.5. The average Bonchev–Trinajstić information content (AvgIpc) is 2.80. The summed E-state index contributed by atoms with van der Waals surface area (Å²) in [4.78, 5) is 52.6. The molecule has 0 aromatic heterocycles. The Morgan fingerprint density at radius 2 is 1.27 bits per heavy atom. The van der Waals surface area contributed by atoms with Crippen LogP contribution in [0, 0.1) is 6.92 Å². The predicted molar refractivity (Wildman–Crippen MR) is 138 cm³/mol. The standard InChI is InChI=1S/C27H29N3O2.H3O4P/c1-18-10-12-19(13-11-18)29-23-15-14-22(28-16-7-17-30(2,3)4)24-25(23)27(32)21-9-6-5-8-20(21)26(24)31;1-5(2,3)4/h5-6,8-15H,7,16-17H2,1-4H3,(H-,28,29,31,32);(H3,1,2,3,4)/p-2. The SMILES string of the molecule is Cc1ccc(Nc2ccc(NCCC[N+](C)(C)C)c3c2C(=O)c2ccccc2C3=O)cc1.O=P([O-])([O-])[O-]. The summed E-state index contributed by atoms with van der Waals surface area (Å²) < 4.78 is 9.43. The highest BCUT2D eigenvalue weighted by Gasteiger charge is 2.33. The second-order valence-corrected chi connectivity index (χ2v) is 10.7. The number of carbonyl (C=O) groups is 2. The minimum absolute atomic E-state index is 0.114. The van der Waals surface area contributed by atoms with Crippen LogP contribution in [0.25, 0.3) is 0 Å². The molecular formula is C27H30N3O6P-2. The molecule has 10 heteroatoms. The van der Waals surface area contributed by atoms with Crippen molar-refractivity contribution in [2.75, 3.05) is 44.9 Å². The third-order valence-electron chi connectivity index (χ3n) is 5.73. The van der Waals surface area contributed by atoms with Gasteiger partial charge in [-0.2, -0.15) is 7.82 Å². The lowest BCUT2D eigenvalue weighted by Gasteiger charge is -2.36. The zero-order valence-corrected chi connectivity index (χ0v) is 22.1. The van der Waals surface area contributed by atoms with Gasteiger partial charge in [0.15, 0.2) is 11.6 Å². The van der Waals surface area contributed by atoms with Crippen molar-refractivity contribution in [1.29, 1.82) is 0 Å². The highest BCUT2D eigenvalue weighted by Crippen LogP contribution is 2.37. The number of hydrogen-bond acceptors (Lipinski definition) is 8. The minimum atomic E-state index is -5.39. The maximum atomic E-state index is 13.5. The predicted octanol–water partition coefficient (Wildman–Crippen LogP) is 2.20. The lowest BCUT2D eigenvalue weighted by molar-refractivity contribution is -0.870. The van der Waals surface area contributed by atoms with Crippen molar-refractivity contribution in [2.45, 2.75) is 13.3 Å². The molecule has 0 saturated heterocycles. The molecule has 0 fully saturated rings. The number of nitrogens with one attached hydrogen (secondary N) is 2. The zero-order valence-electron chi connectivity index (χ0n) is 21.2. The summed E-state index contributed by atoms with van der Waals surface area (Å²) in [5.74, 6) is -0.239. The Kier molecular flexibility index (Phi) is 8.68. The van der Waals surface area contributed by atoms with E-state index in [1.54, 1.807) is 24.3 Å². The first-order valence-electron chi connectivity index (χ1n) is 11.7. The number of phosphoric acid groups is 1. The van der Waals surface area contributed by atoms with Crippen LogP contribution in [0.3, 0.4) is 0 Å². The highest BCUT2D eigenvalue weighted by atomic mass is 31.2. The fraction of sp³-hybridized carbons (Fsp3) is 0.259. The van der Waals surface area contributed by atoms with E-state index in [1.165, 1.54) is 0 Å². The molecule has 37 heavy (non-hydrogen) atoms. The molecule has 3 aromatic carbocycles. The summed E-state index contributed by atoms with van der Waals surface area (Å²) in [6.07, 6.45) is 0.959. The summed E-state index contributed by atoms with van der Waals surface area (Å²) in [6.45, 7) is 3.78. The van der Waals surface area contributed by atoms with E-state index < -0.39 is 7.82 Å². The van der Waals surface area contributed by atoms with Gasteiger partial charge in [-0.15, -0.1) is 0 Å². The van der Waals surface area contributed by atoms with E-state index in [0.29, 0.717) is 33.6 Å². The molecule has 1 aliphatic carbocycles. The van der Waals surface area contributed by atoms with Crippen molar-refractivity contribution in [2.24, 2.45) is 0 Å². The van der Waals surface area contributed by atoms with Crippen LogP contribution >= 0.6 is 7.82 Å². The second-order valence-electron chi connectivity index (χ2n) is 9.85. The Morgan fingerprint density at radius 3 is 1.78 bits per heavy atom. The number of hydrogen-bond donors (Lipinski definition) is 2. The van der Waals surface area contributed by atoms with Gasteiger partial charge >= 0.3 is 0 Å². The number of rotatable bonds is 7. The van der Waals surface area contributed by atoms with E-state index in [1.807, 2.05) is 43.3 Å². The van der Waals surface area contributed by atoms with Crippen LogP contribution in [-0.4, -0.2) is 50.3 Å². The van der Waals surface area contributed by atoms with Crippen molar-refractivity contribution >= 4 is 36.5 Å². The largest absolute Gasteiger partial charge is 0.822 e. The van der Waals surface area contributed by atoms with Crippen molar-refractivity contribution in [3.05, 3.63) is 88.5 Å². The first-order chi connectivity index (χ1) is 17.2. The minimum Gasteiger partial charge on any atom is -0.822 e. The van der Waals surface area contributed by atoms with E-state index in [-0.39, 0.29) is 11.6 Å². The highest BCUT2D eigenvalue weighted by molar-refractivity contribution is 7.40. The number of quaternary nitrogens is 1. The quantitative estimate of drug-likeness (QED) is 0.213. The van der Waals surface area contributed by atoms with E-state index in [9.17, 15) is 9.59 Å². The molecule has 0 heterocycles. The average molecular weight is 524 g/mol. The van der Waals surface area contributed by atoms with Crippen molar-refractivity contribution in [1.82, 2.24) is 0 Å². The van der Waals surface area contributed by atoms with Crippen molar-refractivity contribution < 1.29 is 33.3 Å². The lowest BCUT2D eigenvalue weighted by atomic mass is 9.82. The molecule has 9 nitrogen and oxygen atoms in total. The molecule has 0 saturated carbocycles. The molecule has 0 spiro atoms. The molecule has 0 amide bonds. The molecule has 0 unspecified atom stereocenters. The van der Waals surface area contributed by atoms with Crippen LogP contribution in [0.1, 0.15) is 43.8 Å². The molecule has 2 N–H and O–H groups in total. The van der Waals surface area contributed by atoms with Crippen LogP contribution in [0.15, 0.2) is 60.7 Å². The Morgan fingerprint density at radius 1 is 0.784 bits per heavy atom. The summed E-state index contributed by atoms with van der Waals surface area (Å²) in [7, 11) is 1.09. The van der Waals surface area contributed by atoms with Crippen LogP contribution in [0.4, 0.5) is 17.1 Å². The fourth-order valence-corrected chi connectivity index (χ4v) is 4.04. The third kappa shape index (κ3) is 7.82. The van der Waals surface area contributed by atoms with E-state index in [2.05, 4.69) is 31.8 Å².